The van der Waals surface area contributed by atoms with Gasteiger partial charge in [0.1, 0.15) is 11.0 Å². The summed E-state index contributed by atoms with van der Waals surface area (Å²) in [5, 5.41) is -0.204. The maximum atomic E-state index is 11.7. The Hall–Kier alpha value is -1.16. The van der Waals surface area contributed by atoms with Crippen molar-refractivity contribution in [3.63, 3.8) is 0 Å². The predicted octanol–water partition coefficient (Wildman–Crippen LogP) is 2.21. The number of carbonyl (C=O) groups excluding carboxylic acids is 1. The van der Waals surface area contributed by atoms with Crippen molar-refractivity contribution < 1.29 is 9.00 Å². The van der Waals surface area contributed by atoms with Gasteiger partial charge in [0.25, 0.3) is 0 Å². The van der Waals surface area contributed by atoms with Gasteiger partial charge in [-0.05, 0) is 16.5 Å². The molecule has 1 aliphatic heterocycles. The van der Waals surface area contributed by atoms with Crippen molar-refractivity contribution in [3.8, 4) is 0 Å². The molecule has 0 saturated carbocycles. The molecule has 2 atom stereocenters. The Morgan fingerprint density at radius 1 is 1.35 bits per heavy atom. The quantitative estimate of drug-likeness (QED) is 0.831. The first-order valence-electron chi connectivity index (χ1n) is 5.68. The van der Waals surface area contributed by atoms with Gasteiger partial charge in [-0.25, -0.2) is 4.21 Å². The summed E-state index contributed by atoms with van der Waals surface area (Å²) in [7, 11) is -1.28. The van der Waals surface area contributed by atoms with Gasteiger partial charge >= 0.3 is 0 Å². The van der Waals surface area contributed by atoms with Crippen LogP contribution in [0.5, 0.6) is 0 Å². The van der Waals surface area contributed by atoms with Gasteiger partial charge < -0.3 is 0 Å². The van der Waals surface area contributed by atoms with Crippen LogP contribution >= 0.6 is 0 Å². The van der Waals surface area contributed by atoms with Crippen LogP contribution < -0.4 is 4.72 Å². The third kappa shape index (κ3) is 2.57. The molecule has 3 nitrogen and oxygen atoms in total. The molecule has 0 aromatic heterocycles. The molecule has 1 amide bonds. The van der Waals surface area contributed by atoms with Crippen LogP contribution in [0.25, 0.3) is 0 Å². The van der Waals surface area contributed by atoms with Crippen LogP contribution in [0.4, 0.5) is 0 Å². The molecule has 0 radical (unpaired) electrons. The second kappa shape index (κ2) is 4.26. The molecule has 17 heavy (non-hydrogen) atoms. The lowest BCUT2D eigenvalue weighted by Crippen LogP contribution is -2.15. The zero-order valence-electron chi connectivity index (χ0n) is 10.3. The van der Waals surface area contributed by atoms with E-state index in [4.69, 9.17) is 0 Å². The molecule has 0 bridgehead atoms. The minimum absolute atomic E-state index is 0.0630. The average Bonchev–Trinajstić information content (AvgIpc) is 2.57. The first-order valence-corrected chi connectivity index (χ1v) is 6.90. The van der Waals surface area contributed by atoms with Crippen LogP contribution in [0.15, 0.2) is 24.3 Å². The van der Waals surface area contributed by atoms with Gasteiger partial charge in [-0.15, -0.1) is 0 Å². The number of amides is 1. The van der Waals surface area contributed by atoms with Gasteiger partial charge in [0, 0.05) is 6.42 Å². The van der Waals surface area contributed by atoms with Crippen LogP contribution in [0.3, 0.4) is 0 Å². The molecule has 1 heterocycles. The summed E-state index contributed by atoms with van der Waals surface area (Å²) in [5.41, 5.74) is 2.24. The van der Waals surface area contributed by atoms with Gasteiger partial charge in [0.15, 0.2) is 0 Å². The monoisotopic (exact) mass is 251 g/mol. The fraction of sp³-hybridized carbons (Fsp3) is 0.462. The molecule has 1 saturated heterocycles. The molecule has 92 valence electrons. The highest BCUT2D eigenvalue weighted by Gasteiger charge is 2.31. The van der Waals surface area contributed by atoms with Crippen LogP contribution in [-0.2, 0) is 21.2 Å². The summed E-state index contributed by atoms with van der Waals surface area (Å²) in [6.45, 7) is 6.42. The van der Waals surface area contributed by atoms with E-state index in [0.29, 0.717) is 6.42 Å². The number of hydrogen-bond donors (Lipinski definition) is 1. The summed E-state index contributed by atoms with van der Waals surface area (Å²) in [5.74, 6) is -0.130. The molecule has 0 aliphatic carbocycles. The maximum Gasteiger partial charge on any atom is 0.233 e. The molecule has 1 aliphatic rings. The van der Waals surface area contributed by atoms with E-state index in [0.717, 1.165) is 5.56 Å². The largest absolute Gasteiger partial charge is 0.275 e. The van der Waals surface area contributed by atoms with E-state index in [1.165, 1.54) is 5.56 Å². The van der Waals surface area contributed by atoms with E-state index >= 15 is 0 Å². The fourth-order valence-corrected chi connectivity index (χ4v) is 3.06. The molecule has 1 aromatic carbocycles. The summed E-state index contributed by atoms with van der Waals surface area (Å²) in [6.07, 6.45) is 0.320. The second-order valence-electron chi connectivity index (χ2n) is 5.39. The number of hydrogen-bond acceptors (Lipinski definition) is 2. The third-order valence-electron chi connectivity index (χ3n) is 2.97. The molecule has 0 spiro atoms. The number of rotatable bonds is 1. The summed E-state index contributed by atoms with van der Waals surface area (Å²) < 4.78 is 14.2. The Balaban J connectivity index is 2.34. The summed E-state index contributed by atoms with van der Waals surface area (Å²) in [4.78, 5) is 11.2. The topological polar surface area (TPSA) is 46.2 Å². The second-order valence-corrected chi connectivity index (χ2v) is 6.76. The molecular formula is C13H17NO2S. The summed E-state index contributed by atoms with van der Waals surface area (Å²) >= 11 is 0. The first kappa shape index (κ1) is 12.3. The van der Waals surface area contributed by atoms with E-state index < -0.39 is 11.0 Å². The van der Waals surface area contributed by atoms with Crippen molar-refractivity contribution in [1.29, 1.82) is 0 Å². The molecule has 2 rings (SSSR count). The van der Waals surface area contributed by atoms with Gasteiger partial charge in [0.2, 0.25) is 5.91 Å². The lowest BCUT2D eigenvalue weighted by molar-refractivity contribution is -0.118. The van der Waals surface area contributed by atoms with Crippen molar-refractivity contribution in [2.24, 2.45) is 0 Å². The van der Waals surface area contributed by atoms with Crippen LogP contribution in [-0.4, -0.2) is 10.1 Å². The molecule has 2 unspecified atom stereocenters. The molecule has 1 N–H and O–H groups in total. The first-order chi connectivity index (χ1) is 7.88. The van der Waals surface area contributed by atoms with Crippen LogP contribution in [0.2, 0.25) is 0 Å². The lowest BCUT2D eigenvalue weighted by atomic mass is 9.86. The van der Waals surface area contributed by atoms with Gasteiger partial charge in [0.05, 0.1) is 5.25 Å². The van der Waals surface area contributed by atoms with E-state index in [2.05, 4.69) is 37.6 Å². The molecule has 4 heteroatoms. The van der Waals surface area contributed by atoms with E-state index in [-0.39, 0.29) is 16.6 Å². The van der Waals surface area contributed by atoms with Crippen molar-refractivity contribution in [2.45, 2.75) is 37.9 Å². The van der Waals surface area contributed by atoms with Crippen LogP contribution in [0, 0.1) is 0 Å². The third-order valence-corrected chi connectivity index (χ3v) is 4.35. The lowest BCUT2D eigenvalue weighted by Gasteiger charge is -2.20. The zero-order valence-corrected chi connectivity index (χ0v) is 11.1. The zero-order chi connectivity index (χ0) is 12.6. The Labute approximate surface area is 104 Å². The Bertz CT molecular complexity index is 477. The molecular weight excluding hydrogens is 234 g/mol. The highest BCUT2D eigenvalue weighted by molar-refractivity contribution is 7.84. The normalized spacial score (nSPS) is 24.8. The Kier molecular flexibility index (Phi) is 3.08. The van der Waals surface area contributed by atoms with Gasteiger partial charge in [-0.2, -0.15) is 0 Å². The Morgan fingerprint density at radius 2 is 2.06 bits per heavy atom. The highest BCUT2D eigenvalue weighted by atomic mass is 32.2. The number of nitrogens with one attached hydrogen (secondary N) is 1. The maximum absolute atomic E-state index is 11.7. The van der Waals surface area contributed by atoms with Gasteiger partial charge in [-0.3, -0.25) is 9.52 Å². The minimum Gasteiger partial charge on any atom is -0.275 e. The van der Waals surface area contributed by atoms with Gasteiger partial charge in [-0.1, -0.05) is 45.0 Å². The highest BCUT2D eigenvalue weighted by Crippen LogP contribution is 2.30. The fourth-order valence-electron chi connectivity index (χ4n) is 1.92. The molecule has 1 fully saturated rings. The number of carbonyl (C=O) groups is 1. The average molecular weight is 251 g/mol. The number of benzene rings is 1. The molecule has 1 aromatic rings. The van der Waals surface area contributed by atoms with Crippen molar-refractivity contribution in [2.75, 3.05) is 0 Å². The summed E-state index contributed by atoms with van der Waals surface area (Å²) in [6, 6.07) is 8.04. The van der Waals surface area contributed by atoms with E-state index in [1.54, 1.807) is 0 Å². The van der Waals surface area contributed by atoms with Crippen molar-refractivity contribution in [3.05, 3.63) is 35.4 Å². The van der Waals surface area contributed by atoms with Crippen molar-refractivity contribution in [1.82, 2.24) is 4.72 Å². The van der Waals surface area contributed by atoms with Crippen molar-refractivity contribution >= 4 is 16.9 Å². The standard InChI is InChI=1S/C13H17NO2S/c1-13(2,3)10-6-4-5-9(7-10)11-8-12(15)14-17(11)16/h4-7,11H,8H2,1-3H3,(H,14,15). The minimum atomic E-state index is -1.28. The Morgan fingerprint density at radius 3 is 2.59 bits per heavy atom. The van der Waals surface area contributed by atoms with E-state index in [1.807, 2.05) is 12.1 Å². The SMILES string of the molecule is CC(C)(C)c1cccc(C2CC(=O)NS2=O)c1. The van der Waals surface area contributed by atoms with Crippen LogP contribution in [0.1, 0.15) is 43.6 Å². The predicted molar refractivity (Wildman–Crippen MR) is 68.8 cm³/mol. The smallest absolute Gasteiger partial charge is 0.233 e. The van der Waals surface area contributed by atoms with E-state index in [9.17, 15) is 9.00 Å².